The van der Waals surface area contributed by atoms with Gasteiger partial charge in [0.2, 0.25) is 0 Å². The molecule has 1 unspecified atom stereocenters. The fraction of sp³-hybridized carbons (Fsp3) is 0.900. The Balaban J connectivity index is 2.37. The molecule has 1 saturated carbocycles. The molecule has 0 saturated heterocycles. The third-order valence-electron chi connectivity index (χ3n) is 2.75. The first-order valence-electron chi connectivity index (χ1n) is 4.98. The molecule has 0 amide bonds. The van der Waals surface area contributed by atoms with Gasteiger partial charge in [-0.15, -0.1) is 0 Å². The van der Waals surface area contributed by atoms with E-state index in [-0.39, 0.29) is 11.9 Å². The average molecular weight is 185 g/mol. The Bertz CT molecular complexity index is 187. The number of carbonyl (C=O) groups excluding carboxylic acids is 1. The normalized spacial score (nSPS) is 20.8. The maximum Gasteiger partial charge on any atom is 0.310 e. The van der Waals surface area contributed by atoms with Crippen molar-refractivity contribution in [2.24, 2.45) is 17.1 Å². The predicted molar refractivity (Wildman–Crippen MR) is 51.1 cm³/mol. The van der Waals surface area contributed by atoms with Crippen molar-refractivity contribution in [3.8, 4) is 0 Å². The van der Waals surface area contributed by atoms with Gasteiger partial charge in [-0.05, 0) is 31.6 Å². The minimum absolute atomic E-state index is 0.0903. The fourth-order valence-electron chi connectivity index (χ4n) is 1.54. The molecule has 1 atom stereocenters. The van der Waals surface area contributed by atoms with Gasteiger partial charge in [-0.2, -0.15) is 0 Å². The van der Waals surface area contributed by atoms with E-state index < -0.39 is 0 Å². The molecule has 2 N–H and O–H groups in total. The van der Waals surface area contributed by atoms with E-state index in [1.807, 2.05) is 6.92 Å². The zero-order chi connectivity index (χ0) is 9.90. The van der Waals surface area contributed by atoms with E-state index in [2.05, 4.69) is 6.92 Å². The number of esters is 1. The van der Waals surface area contributed by atoms with Crippen LogP contribution in [0.5, 0.6) is 0 Å². The summed E-state index contributed by atoms with van der Waals surface area (Å²) in [7, 11) is 0. The van der Waals surface area contributed by atoms with Crippen LogP contribution in [0.25, 0.3) is 0 Å². The number of rotatable bonds is 5. The highest BCUT2D eigenvalue weighted by molar-refractivity contribution is 5.72. The van der Waals surface area contributed by atoms with E-state index >= 15 is 0 Å². The molecule has 3 nitrogen and oxygen atoms in total. The number of carbonyl (C=O) groups is 1. The monoisotopic (exact) mass is 185 g/mol. The summed E-state index contributed by atoms with van der Waals surface area (Å²) in [4.78, 5) is 11.4. The summed E-state index contributed by atoms with van der Waals surface area (Å²) in [6, 6.07) is 0. The lowest BCUT2D eigenvalue weighted by Gasteiger charge is -2.16. The van der Waals surface area contributed by atoms with E-state index in [1.165, 1.54) is 12.8 Å². The lowest BCUT2D eigenvalue weighted by molar-refractivity contribution is -0.148. The third kappa shape index (κ3) is 2.99. The summed E-state index contributed by atoms with van der Waals surface area (Å²) in [6.07, 6.45) is 3.34. The molecule has 0 heterocycles. The fourth-order valence-corrected chi connectivity index (χ4v) is 1.54. The van der Waals surface area contributed by atoms with Crippen LogP contribution in [0, 0.1) is 11.3 Å². The molecule has 3 heteroatoms. The van der Waals surface area contributed by atoms with Gasteiger partial charge in [0.25, 0.3) is 0 Å². The van der Waals surface area contributed by atoms with Crippen molar-refractivity contribution < 1.29 is 9.53 Å². The lowest BCUT2D eigenvalue weighted by Crippen LogP contribution is -2.27. The Morgan fingerprint density at radius 1 is 1.62 bits per heavy atom. The van der Waals surface area contributed by atoms with Gasteiger partial charge < -0.3 is 10.5 Å². The van der Waals surface area contributed by atoms with E-state index in [0.29, 0.717) is 18.6 Å². The van der Waals surface area contributed by atoms with Gasteiger partial charge in [-0.1, -0.05) is 6.92 Å². The van der Waals surface area contributed by atoms with Crippen molar-refractivity contribution in [1.82, 2.24) is 0 Å². The second kappa shape index (κ2) is 4.09. The van der Waals surface area contributed by atoms with Crippen LogP contribution in [0.3, 0.4) is 0 Å². The molecule has 0 aromatic heterocycles. The summed E-state index contributed by atoms with van der Waals surface area (Å²) < 4.78 is 4.95. The molecule has 0 aliphatic heterocycles. The smallest absolute Gasteiger partial charge is 0.310 e. The first-order valence-corrected chi connectivity index (χ1v) is 4.98. The van der Waals surface area contributed by atoms with Crippen LogP contribution >= 0.6 is 0 Å². The van der Waals surface area contributed by atoms with Gasteiger partial charge in [0.1, 0.15) is 0 Å². The molecule has 0 bridgehead atoms. The topological polar surface area (TPSA) is 52.3 Å². The molecule has 0 aromatic carbocycles. The first-order chi connectivity index (χ1) is 6.11. The van der Waals surface area contributed by atoms with Crippen LogP contribution in [-0.4, -0.2) is 19.1 Å². The molecule has 1 fully saturated rings. The van der Waals surface area contributed by atoms with Crippen molar-refractivity contribution in [1.29, 1.82) is 0 Å². The molecule has 0 aromatic rings. The quantitative estimate of drug-likeness (QED) is 0.657. The van der Waals surface area contributed by atoms with Gasteiger partial charge in [0, 0.05) is 6.54 Å². The van der Waals surface area contributed by atoms with Gasteiger partial charge in [0.05, 0.1) is 12.5 Å². The second-order valence-electron chi connectivity index (χ2n) is 4.20. The zero-order valence-electron chi connectivity index (χ0n) is 8.51. The molecule has 1 aliphatic rings. The SMILES string of the molecule is CCOC(=O)C(CN)CC1(C)CC1. The van der Waals surface area contributed by atoms with Crippen molar-refractivity contribution in [3.63, 3.8) is 0 Å². The summed E-state index contributed by atoms with van der Waals surface area (Å²) in [6.45, 7) is 4.89. The second-order valence-corrected chi connectivity index (χ2v) is 4.20. The van der Waals surface area contributed by atoms with Crippen molar-refractivity contribution >= 4 is 5.97 Å². The van der Waals surface area contributed by atoms with Crippen LogP contribution < -0.4 is 5.73 Å². The van der Waals surface area contributed by atoms with Gasteiger partial charge >= 0.3 is 5.97 Å². The molecular formula is C10H19NO2. The zero-order valence-corrected chi connectivity index (χ0v) is 8.51. The van der Waals surface area contributed by atoms with Crippen LogP contribution in [0.2, 0.25) is 0 Å². The molecule has 76 valence electrons. The van der Waals surface area contributed by atoms with Crippen LogP contribution in [0.1, 0.15) is 33.1 Å². The maximum atomic E-state index is 11.4. The van der Waals surface area contributed by atoms with Gasteiger partial charge in [-0.3, -0.25) is 4.79 Å². The van der Waals surface area contributed by atoms with Crippen molar-refractivity contribution in [2.45, 2.75) is 33.1 Å². The first kappa shape index (κ1) is 10.5. The highest BCUT2D eigenvalue weighted by atomic mass is 16.5. The van der Waals surface area contributed by atoms with Crippen molar-refractivity contribution in [3.05, 3.63) is 0 Å². The van der Waals surface area contributed by atoms with Crippen LogP contribution in [0.15, 0.2) is 0 Å². The summed E-state index contributed by atoms with van der Waals surface area (Å²) in [5.74, 6) is -0.217. The van der Waals surface area contributed by atoms with Crippen LogP contribution in [0.4, 0.5) is 0 Å². The van der Waals surface area contributed by atoms with E-state index in [0.717, 1.165) is 6.42 Å². The van der Waals surface area contributed by atoms with Gasteiger partial charge in [0.15, 0.2) is 0 Å². The number of hydrogen-bond acceptors (Lipinski definition) is 3. The Kier molecular flexibility index (Phi) is 3.31. The van der Waals surface area contributed by atoms with Crippen molar-refractivity contribution in [2.75, 3.05) is 13.2 Å². The Morgan fingerprint density at radius 3 is 2.62 bits per heavy atom. The summed E-state index contributed by atoms with van der Waals surface area (Å²) in [5, 5.41) is 0. The summed E-state index contributed by atoms with van der Waals surface area (Å²) in [5.41, 5.74) is 5.91. The minimum atomic E-state index is -0.127. The molecule has 1 rings (SSSR count). The number of ether oxygens (including phenoxy) is 1. The molecule has 1 aliphatic carbocycles. The lowest BCUT2D eigenvalue weighted by atomic mass is 9.93. The Morgan fingerprint density at radius 2 is 2.23 bits per heavy atom. The van der Waals surface area contributed by atoms with E-state index in [9.17, 15) is 4.79 Å². The highest BCUT2D eigenvalue weighted by Crippen LogP contribution is 2.49. The van der Waals surface area contributed by atoms with E-state index in [4.69, 9.17) is 10.5 Å². The van der Waals surface area contributed by atoms with Crippen LogP contribution in [-0.2, 0) is 9.53 Å². The molecule has 13 heavy (non-hydrogen) atoms. The number of hydrogen-bond donors (Lipinski definition) is 1. The third-order valence-corrected chi connectivity index (χ3v) is 2.75. The Hall–Kier alpha value is -0.570. The Labute approximate surface area is 79.6 Å². The van der Waals surface area contributed by atoms with E-state index in [1.54, 1.807) is 0 Å². The molecule has 0 spiro atoms. The average Bonchev–Trinajstić information content (AvgIpc) is 2.81. The molecule has 0 radical (unpaired) electrons. The maximum absolute atomic E-state index is 11.4. The standard InChI is InChI=1S/C10H19NO2/c1-3-13-9(12)8(7-11)6-10(2)4-5-10/h8H,3-7,11H2,1-2H3. The molecular weight excluding hydrogens is 166 g/mol. The largest absolute Gasteiger partial charge is 0.466 e. The minimum Gasteiger partial charge on any atom is -0.466 e. The number of nitrogens with two attached hydrogens (primary N) is 1. The predicted octanol–water partition coefficient (Wildman–Crippen LogP) is 1.31. The summed E-state index contributed by atoms with van der Waals surface area (Å²) >= 11 is 0. The van der Waals surface area contributed by atoms with Gasteiger partial charge in [-0.25, -0.2) is 0 Å². The highest BCUT2D eigenvalue weighted by Gasteiger charge is 2.40.